The molecular weight excluding hydrogens is 414 g/mol. The van der Waals surface area contributed by atoms with Crippen molar-refractivity contribution in [1.82, 2.24) is 24.4 Å². The van der Waals surface area contributed by atoms with E-state index in [-0.39, 0.29) is 12.1 Å². The molecule has 1 saturated heterocycles. The minimum Gasteiger partial charge on any atom is -0.348 e. The zero-order chi connectivity index (χ0) is 22.8. The number of fused-ring (bicyclic) bond motifs is 1. The van der Waals surface area contributed by atoms with Gasteiger partial charge in [-0.1, -0.05) is 37.3 Å². The molecule has 5 rings (SSSR count). The number of anilines is 2. The molecule has 8 nitrogen and oxygen atoms in total. The molecule has 1 N–H and O–H groups in total. The molecule has 2 amide bonds. The lowest BCUT2D eigenvalue weighted by atomic mass is 10.1. The molecule has 1 fully saturated rings. The maximum Gasteiger partial charge on any atom is 0.324 e. The predicted octanol–water partition coefficient (Wildman–Crippen LogP) is 4.64. The molecule has 0 spiro atoms. The van der Waals surface area contributed by atoms with Crippen molar-refractivity contribution in [2.75, 3.05) is 29.9 Å². The van der Waals surface area contributed by atoms with Gasteiger partial charge < -0.3 is 10.2 Å². The fraction of sp³-hybridized carbons (Fsp3) is 0.280. The van der Waals surface area contributed by atoms with Gasteiger partial charge in [-0.2, -0.15) is 4.98 Å². The summed E-state index contributed by atoms with van der Waals surface area (Å²) in [6.07, 6.45) is 4.47. The van der Waals surface area contributed by atoms with Gasteiger partial charge >= 0.3 is 6.03 Å². The molecule has 2 aromatic carbocycles. The third kappa shape index (κ3) is 4.11. The van der Waals surface area contributed by atoms with Crippen LogP contribution in [-0.4, -0.2) is 50.1 Å². The molecule has 1 aliphatic rings. The number of carbonyl (C=O) groups is 1. The highest BCUT2D eigenvalue weighted by Gasteiger charge is 2.29. The van der Waals surface area contributed by atoms with Crippen molar-refractivity contribution in [1.29, 1.82) is 0 Å². The van der Waals surface area contributed by atoms with Gasteiger partial charge in [0.25, 0.3) is 0 Å². The molecule has 2 aromatic heterocycles. The summed E-state index contributed by atoms with van der Waals surface area (Å²) in [5.41, 5.74) is 3.79. The maximum absolute atomic E-state index is 12.7. The Morgan fingerprint density at radius 1 is 1.06 bits per heavy atom. The van der Waals surface area contributed by atoms with Crippen molar-refractivity contribution >= 4 is 28.7 Å². The minimum atomic E-state index is 0.0645. The number of carbonyl (C=O) groups excluding carboxylic acids is 1. The number of benzene rings is 2. The van der Waals surface area contributed by atoms with Gasteiger partial charge in [-0.25, -0.2) is 14.8 Å². The molecule has 0 bridgehead atoms. The molecule has 0 radical (unpaired) electrons. The largest absolute Gasteiger partial charge is 0.348 e. The Hall–Kier alpha value is -3.94. The Morgan fingerprint density at radius 3 is 2.73 bits per heavy atom. The van der Waals surface area contributed by atoms with E-state index in [9.17, 15) is 4.79 Å². The zero-order valence-corrected chi connectivity index (χ0v) is 18.8. The quantitative estimate of drug-likeness (QED) is 0.452. The highest BCUT2D eigenvalue weighted by molar-refractivity contribution is 5.96. The van der Waals surface area contributed by atoms with Gasteiger partial charge in [-0.05, 0) is 43.2 Å². The lowest BCUT2D eigenvalue weighted by molar-refractivity contribution is 0.220. The summed E-state index contributed by atoms with van der Waals surface area (Å²) in [5.74, 6) is 1.29. The van der Waals surface area contributed by atoms with Gasteiger partial charge in [0.05, 0.1) is 17.1 Å². The smallest absolute Gasteiger partial charge is 0.324 e. The Balaban J connectivity index is 1.39. The van der Waals surface area contributed by atoms with Crippen molar-refractivity contribution < 1.29 is 4.79 Å². The van der Waals surface area contributed by atoms with E-state index in [1.807, 2.05) is 56.8 Å². The summed E-state index contributed by atoms with van der Waals surface area (Å²) >= 11 is 0. The van der Waals surface area contributed by atoms with Crippen molar-refractivity contribution in [2.45, 2.75) is 26.3 Å². The van der Waals surface area contributed by atoms with Crippen LogP contribution in [0.15, 0.2) is 67.1 Å². The third-order valence-corrected chi connectivity index (χ3v) is 5.96. The van der Waals surface area contributed by atoms with Gasteiger partial charge in [0.1, 0.15) is 12.1 Å². The van der Waals surface area contributed by atoms with Crippen molar-refractivity contribution in [3.05, 3.63) is 72.7 Å². The normalized spacial score (nSPS) is 14.8. The topological polar surface area (TPSA) is 79.2 Å². The summed E-state index contributed by atoms with van der Waals surface area (Å²) in [6, 6.07) is 18.1. The van der Waals surface area contributed by atoms with E-state index in [2.05, 4.69) is 41.3 Å². The van der Waals surface area contributed by atoms with Crippen molar-refractivity contribution in [3.8, 4) is 5.82 Å². The predicted molar refractivity (Wildman–Crippen MR) is 130 cm³/mol. The number of nitrogens with zero attached hydrogens (tertiary/aromatic N) is 6. The standard InChI is InChI=1S/C25H27N7O/c1-3-13-30-14-15-31(25(30)33)20-9-10-22-21(16-20)27-17-32(22)23-11-12-26-24(29-23)28-18(2)19-7-5-4-6-8-19/h4-12,16-18H,3,13-15H2,1-2H3,(H,26,28,29)/t18-/m0/s1. The SMILES string of the molecule is CCCN1CCN(c2ccc3c(c2)ncn3-c2ccnc(N[C@@H](C)c3ccccc3)n2)C1=O. The van der Waals surface area contributed by atoms with E-state index in [0.29, 0.717) is 12.5 Å². The summed E-state index contributed by atoms with van der Waals surface area (Å²) < 4.78 is 1.94. The van der Waals surface area contributed by atoms with Gasteiger partial charge in [0.15, 0.2) is 0 Å². The first kappa shape index (κ1) is 20.9. The number of hydrogen-bond acceptors (Lipinski definition) is 5. The van der Waals surface area contributed by atoms with Crippen LogP contribution < -0.4 is 10.2 Å². The first-order chi connectivity index (χ1) is 16.1. The van der Waals surface area contributed by atoms with Crippen LogP contribution in [0.5, 0.6) is 0 Å². The second-order valence-electron chi connectivity index (χ2n) is 8.22. The second kappa shape index (κ2) is 8.90. The zero-order valence-electron chi connectivity index (χ0n) is 18.8. The molecule has 8 heteroatoms. The maximum atomic E-state index is 12.7. The van der Waals surface area contributed by atoms with Crippen molar-refractivity contribution in [2.24, 2.45) is 0 Å². The highest BCUT2D eigenvalue weighted by atomic mass is 16.2. The van der Waals surface area contributed by atoms with Crippen LogP contribution in [0.25, 0.3) is 16.9 Å². The molecule has 168 valence electrons. The molecule has 33 heavy (non-hydrogen) atoms. The molecule has 0 unspecified atom stereocenters. The van der Waals surface area contributed by atoms with Crippen LogP contribution in [0.1, 0.15) is 31.9 Å². The van der Waals surface area contributed by atoms with Crippen molar-refractivity contribution in [3.63, 3.8) is 0 Å². The van der Waals surface area contributed by atoms with Crippen LogP contribution in [0.3, 0.4) is 0 Å². The number of nitrogens with one attached hydrogen (secondary N) is 1. The van der Waals surface area contributed by atoms with Gasteiger partial charge in [-0.15, -0.1) is 0 Å². The number of amides is 2. The third-order valence-electron chi connectivity index (χ3n) is 5.96. The number of imidazole rings is 1. The molecule has 1 aliphatic heterocycles. The van der Waals surface area contributed by atoms with E-state index in [1.165, 1.54) is 5.56 Å². The van der Waals surface area contributed by atoms with E-state index >= 15 is 0 Å². The summed E-state index contributed by atoms with van der Waals surface area (Å²) in [7, 11) is 0. The Kier molecular flexibility index (Phi) is 5.64. The lowest BCUT2D eigenvalue weighted by Crippen LogP contribution is -2.32. The van der Waals surface area contributed by atoms with Crippen LogP contribution >= 0.6 is 0 Å². The van der Waals surface area contributed by atoms with Crippen LogP contribution in [0.4, 0.5) is 16.4 Å². The number of rotatable bonds is 7. The minimum absolute atomic E-state index is 0.0645. The highest BCUT2D eigenvalue weighted by Crippen LogP contribution is 2.26. The summed E-state index contributed by atoms with van der Waals surface area (Å²) in [6.45, 7) is 6.42. The van der Waals surface area contributed by atoms with E-state index < -0.39 is 0 Å². The van der Waals surface area contributed by atoms with Gasteiger partial charge in [-0.3, -0.25) is 9.47 Å². The van der Waals surface area contributed by atoms with E-state index in [4.69, 9.17) is 4.98 Å². The Bertz CT molecular complexity index is 1270. The summed E-state index contributed by atoms with van der Waals surface area (Å²) in [5, 5.41) is 3.37. The van der Waals surface area contributed by atoms with Crippen LogP contribution in [0, 0.1) is 0 Å². The molecule has 1 atom stereocenters. The van der Waals surface area contributed by atoms with E-state index in [0.717, 1.165) is 42.0 Å². The fourth-order valence-corrected chi connectivity index (χ4v) is 4.22. The Labute approximate surface area is 192 Å². The number of aromatic nitrogens is 4. The number of hydrogen-bond donors (Lipinski definition) is 1. The van der Waals surface area contributed by atoms with Crippen LogP contribution in [-0.2, 0) is 0 Å². The summed E-state index contributed by atoms with van der Waals surface area (Å²) in [4.78, 5) is 30.1. The van der Waals surface area contributed by atoms with Crippen LogP contribution in [0.2, 0.25) is 0 Å². The average Bonchev–Trinajstić information content (AvgIpc) is 3.43. The molecular formula is C25H27N7O. The molecule has 3 heterocycles. The molecule has 4 aromatic rings. The fourth-order valence-electron chi connectivity index (χ4n) is 4.22. The average molecular weight is 442 g/mol. The monoisotopic (exact) mass is 441 g/mol. The van der Waals surface area contributed by atoms with Gasteiger partial charge in [0, 0.05) is 31.5 Å². The Morgan fingerprint density at radius 2 is 1.91 bits per heavy atom. The second-order valence-corrected chi connectivity index (χ2v) is 8.22. The first-order valence-electron chi connectivity index (χ1n) is 11.3. The first-order valence-corrected chi connectivity index (χ1v) is 11.3. The molecule has 0 saturated carbocycles. The van der Waals surface area contributed by atoms with E-state index in [1.54, 1.807) is 12.5 Å². The molecule has 0 aliphatic carbocycles. The number of urea groups is 1. The lowest BCUT2D eigenvalue weighted by Gasteiger charge is -2.18. The van der Waals surface area contributed by atoms with Gasteiger partial charge in [0.2, 0.25) is 5.95 Å².